The average Bonchev–Trinajstić information content (AvgIpc) is 2.91. The average molecular weight is 561 g/mol. The number of hydrogen-bond donors (Lipinski definition) is 2. The summed E-state index contributed by atoms with van der Waals surface area (Å²) in [6.07, 6.45) is -0.201. The molecule has 1 saturated heterocycles. The fraction of sp³-hybridized carbons (Fsp3) is 0.567. The number of halogens is 3. The van der Waals surface area contributed by atoms with E-state index in [0.717, 1.165) is 38.1 Å². The summed E-state index contributed by atoms with van der Waals surface area (Å²) in [7, 11) is 0. The Labute approximate surface area is 233 Å². The number of amides is 1. The minimum atomic E-state index is -4.82. The van der Waals surface area contributed by atoms with Crippen molar-refractivity contribution in [3.63, 3.8) is 0 Å². The predicted molar refractivity (Wildman–Crippen MR) is 151 cm³/mol. The summed E-state index contributed by atoms with van der Waals surface area (Å²) >= 11 is 0. The summed E-state index contributed by atoms with van der Waals surface area (Å²) in [5.74, 6) is 0.382. The molecule has 2 N–H and O–H groups in total. The number of piperidine rings is 1. The molecule has 0 unspecified atom stereocenters. The molecule has 1 amide bonds. The van der Waals surface area contributed by atoms with Crippen molar-refractivity contribution in [2.45, 2.75) is 76.9 Å². The van der Waals surface area contributed by atoms with Gasteiger partial charge in [-0.3, -0.25) is 14.9 Å². The van der Waals surface area contributed by atoms with Crippen molar-refractivity contribution >= 4 is 23.0 Å². The maximum Gasteiger partial charge on any atom is 0.423 e. The smallest absolute Gasteiger partial charge is 0.382 e. The van der Waals surface area contributed by atoms with Crippen LogP contribution in [0.1, 0.15) is 70.4 Å². The topological polar surface area (TPSA) is 87.5 Å². The highest BCUT2D eigenvalue weighted by Gasteiger charge is 2.38. The lowest BCUT2D eigenvalue weighted by molar-refractivity contribution is -0.388. The van der Waals surface area contributed by atoms with Crippen LogP contribution in [-0.2, 0) is 16.4 Å². The summed E-state index contributed by atoms with van der Waals surface area (Å²) in [6.45, 7) is 9.22. The lowest BCUT2D eigenvalue weighted by atomic mass is 9.85. The van der Waals surface area contributed by atoms with Crippen molar-refractivity contribution in [2.75, 3.05) is 29.9 Å². The first kappa shape index (κ1) is 29.7. The Morgan fingerprint density at radius 2 is 1.60 bits per heavy atom. The zero-order valence-corrected chi connectivity index (χ0v) is 23.4. The van der Waals surface area contributed by atoms with E-state index < -0.39 is 22.4 Å². The van der Waals surface area contributed by atoms with Gasteiger partial charge in [0, 0.05) is 49.0 Å². The van der Waals surface area contributed by atoms with Crippen LogP contribution in [0, 0.1) is 22.0 Å². The second-order valence-electron chi connectivity index (χ2n) is 12.2. The predicted octanol–water partition coefficient (Wildman–Crippen LogP) is 6.91. The van der Waals surface area contributed by atoms with Gasteiger partial charge in [-0.1, -0.05) is 32.9 Å². The minimum Gasteiger partial charge on any atom is -0.382 e. The van der Waals surface area contributed by atoms with Gasteiger partial charge in [-0.2, -0.15) is 13.2 Å². The van der Waals surface area contributed by atoms with Gasteiger partial charge in [0.25, 0.3) is 5.69 Å². The lowest BCUT2D eigenvalue weighted by Gasteiger charge is -2.34. The maximum absolute atomic E-state index is 13.3. The first-order valence-corrected chi connectivity index (χ1v) is 14.1. The third kappa shape index (κ3) is 7.46. The molecular weight excluding hydrogens is 521 g/mol. The van der Waals surface area contributed by atoms with E-state index in [0.29, 0.717) is 38.1 Å². The molecule has 40 heavy (non-hydrogen) atoms. The molecule has 1 aliphatic carbocycles. The number of benzene rings is 2. The second kappa shape index (κ2) is 12.1. The summed E-state index contributed by atoms with van der Waals surface area (Å²) < 4.78 is 39.8. The number of nitro groups is 1. The quantitative estimate of drug-likeness (QED) is 0.284. The largest absolute Gasteiger partial charge is 0.423 e. The Hall–Kier alpha value is -3.30. The summed E-state index contributed by atoms with van der Waals surface area (Å²) in [6, 6.07) is 11.7. The Morgan fingerprint density at radius 1 is 0.975 bits per heavy atom. The normalized spacial score (nSPS) is 20.7. The van der Waals surface area contributed by atoms with Crippen molar-refractivity contribution in [1.29, 1.82) is 0 Å². The van der Waals surface area contributed by atoms with Crippen LogP contribution >= 0.6 is 0 Å². The monoisotopic (exact) mass is 560 g/mol. The number of anilines is 2. The van der Waals surface area contributed by atoms with Gasteiger partial charge >= 0.3 is 6.18 Å². The van der Waals surface area contributed by atoms with Gasteiger partial charge in [0.2, 0.25) is 5.91 Å². The third-order valence-electron chi connectivity index (χ3n) is 8.25. The van der Waals surface area contributed by atoms with E-state index in [1.807, 2.05) is 0 Å². The number of carbonyl (C=O) groups is 1. The van der Waals surface area contributed by atoms with Gasteiger partial charge in [-0.25, -0.2) is 0 Å². The van der Waals surface area contributed by atoms with Gasteiger partial charge in [0.05, 0.1) is 4.92 Å². The summed E-state index contributed by atoms with van der Waals surface area (Å²) in [5, 5.41) is 17.2. The first-order valence-electron chi connectivity index (χ1n) is 14.1. The summed E-state index contributed by atoms with van der Waals surface area (Å²) in [4.78, 5) is 25.2. The molecule has 7 nitrogen and oxygen atoms in total. The number of nitro benzene ring substituents is 1. The molecule has 2 aromatic rings. The van der Waals surface area contributed by atoms with E-state index in [-0.39, 0.29) is 29.0 Å². The van der Waals surface area contributed by atoms with E-state index in [9.17, 15) is 28.1 Å². The molecule has 4 rings (SSSR count). The highest BCUT2D eigenvalue weighted by atomic mass is 19.4. The molecule has 1 saturated carbocycles. The highest BCUT2D eigenvalue weighted by Crippen LogP contribution is 2.38. The zero-order valence-electron chi connectivity index (χ0n) is 23.4. The molecule has 2 aliphatic rings. The number of hydrogen-bond acceptors (Lipinski definition) is 5. The van der Waals surface area contributed by atoms with Crippen LogP contribution in [0.2, 0.25) is 0 Å². The maximum atomic E-state index is 13.3. The third-order valence-corrected chi connectivity index (χ3v) is 8.25. The van der Waals surface area contributed by atoms with Crippen LogP contribution in [0.25, 0.3) is 0 Å². The molecule has 0 aromatic heterocycles. The summed E-state index contributed by atoms with van der Waals surface area (Å²) in [5.41, 5.74) is 0.665. The Bertz CT molecular complexity index is 1180. The number of nitrogens with zero attached hydrogens (tertiary/aromatic N) is 2. The van der Waals surface area contributed by atoms with Crippen LogP contribution in [0.3, 0.4) is 0 Å². The number of rotatable bonds is 7. The molecule has 0 spiro atoms. The van der Waals surface area contributed by atoms with Crippen LogP contribution in [0.4, 0.5) is 30.2 Å². The number of carbonyl (C=O) groups excluding carboxylic acids is 1. The highest BCUT2D eigenvalue weighted by molar-refractivity contribution is 5.78. The number of nitrogens with one attached hydrogen (secondary N) is 2. The van der Waals surface area contributed by atoms with Crippen molar-refractivity contribution in [3.05, 3.63) is 63.7 Å². The molecule has 1 heterocycles. The molecule has 2 aromatic carbocycles. The van der Waals surface area contributed by atoms with Gasteiger partial charge in [-0.15, -0.1) is 0 Å². The Balaban J connectivity index is 1.19. The van der Waals surface area contributed by atoms with Crippen molar-refractivity contribution in [3.8, 4) is 0 Å². The van der Waals surface area contributed by atoms with E-state index in [1.54, 1.807) is 0 Å². The van der Waals surface area contributed by atoms with E-state index in [1.165, 1.54) is 17.3 Å². The van der Waals surface area contributed by atoms with E-state index in [4.69, 9.17) is 0 Å². The van der Waals surface area contributed by atoms with Crippen LogP contribution in [0.15, 0.2) is 42.5 Å². The molecule has 0 radical (unpaired) electrons. The first-order chi connectivity index (χ1) is 18.8. The molecule has 218 valence electrons. The molecular formula is C30H39F3N4O3. The second-order valence-corrected chi connectivity index (χ2v) is 12.2. The fourth-order valence-electron chi connectivity index (χ4n) is 5.70. The van der Waals surface area contributed by atoms with Gasteiger partial charge in [-0.05, 0) is 79.7 Å². The van der Waals surface area contributed by atoms with Crippen molar-refractivity contribution in [2.24, 2.45) is 11.8 Å². The van der Waals surface area contributed by atoms with Crippen LogP contribution in [-0.4, -0.2) is 36.5 Å². The SMILES string of the molecule is CC(C)(C)c1ccc(N2CCC(CNC(=O)C3CCC(Nc4ccc([N+](=O)[O-])c(C(F)(F)F)c4)CC3)CC2)cc1. The van der Waals surface area contributed by atoms with Crippen molar-refractivity contribution in [1.82, 2.24) is 5.32 Å². The van der Waals surface area contributed by atoms with Crippen molar-refractivity contribution < 1.29 is 22.9 Å². The molecule has 2 fully saturated rings. The lowest BCUT2D eigenvalue weighted by Crippen LogP contribution is -2.41. The van der Waals surface area contributed by atoms with Gasteiger partial charge < -0.3 is 15.5 Å². The van der Waals surface area contributed by atoms with Gasteiger partial charge in [0.15, 0.2) is 0 Å². The molecule has 1 aliphatic heterocycles. The minimum absolute atomic E-state index is 0.0494. The molecule has 10 heteroatoms. The van der Waals surface area contributed by atoms with E-state index in [2.05, 4.69) is 60.6 Å². The molecule has 0 bridgehead atoms. The zero-order chi connectivity index (χ0) is 29.1. The standard InChI is InChI=1S/C30H39F3N4O3/c1-29(2,3)22-6-11-25(12-7-22)36-16-14-20(15-17-36)19-34-28(38)21-4-8-23(9-5-21)35-24-10-13-27(37(39)40)26(18-24)30(31,32)33/h6-7,10-13,18,20-21,23,35H,4-5,8-9,14-17,19H2,1-3H3,(H,34,38). The Kier molecular flexibility index (Phi) is 8.95. The Morgan fingerprint density at radius 3 is 2.15 bits per heavy atom. The van der Waals surface area contributed by atoms with Gasteiger partial charge in [0.1, 0.15) is 5.56 Å². The fourth-order valence-corrected chi connectivity index (χ4v) is 5.70. The van der Waals surface area contributed by atoms with Crippen LogP contribution in [0.5, 0.6) is 0 Å². The van der Waals surface area contributed by atoms with Crippen LogP contribution < -0.4 is 15.5 Å². The number of alkyl halides is 3. The molecule has 0 atom stereocenters. The van der Waals surface area contributed by atoms with E-state index >= 15 is 0 Å².